The normalized spacial score (nSPS) is 11.4. The highest BCUT2D eigenvalue weighted by molar-refractivity contribution is 5.74. The number of unbranched alkanes of at least 4 members (excludes halogenated alkanes) is 14. The standard InChI is InChI=1S/C44H72N2O4/c1-5-9-13-15-17-25-33-45(31-23-11-7-3)35-43(47)49-37-39-27-19-21-29-41(39)42-30-22-20-28-40(42)38-50-44(48)36-46(32-24-12-8-4)34-26-18-16-14-10-6-2/h19-22,27-30H,5-18,23-26,31-38H2,1-4H3. The van der Waals surface area contributed by atoms with Crippen LogP contribution in [0.1, 0.15) is 154 Å². The molecule has 0 amide bonds. The first-order valence-corrected chi connectivity index (χ1v) is 20.4. The van der Waals surface area contributed by atoms with Gasteiger partial charge in [-0.05, 0) is 74.1 Å². The second-order valence-corrected chi connectivity index (χ2v) is 14.1. The van der Waals surface area contributed by atoms with Crippen molar-refractivity contribution in [3.05, 3.63) is 59.7 Å². The quantitative estimate of drug-likeness (QED) is 0.0579. The third-order valence-corrected chi connectivity index (χ3v) is 9.62. The smallest absolute Gasteiger partial charge is 0.320 e. The number of hydrogen-bond acceptors (Lipinski definition) is 6. The fourth-order valence-corrected chi connectivity index (χ4v) is 6.53. The molecule has 2 aromatic rings. The molecule has 0 aliphatic heterocycles. The first-order valence-electron chi connectivity index (χ1n) is 20.4. The van der Waals surface area contributed by atoms with Gasteiger partial charge < -0.3 is 9.47 Å². The highest BCUT2D eigenvalue weighted by Crippen LogP contribution is 2.28. The van der Waals surface area contributed by atoms with Gasteiger partial charge in [-0.15, -0.1) is 0 Å². The number of nitrogens with zero attached hydrogens (tertiary/aromatic N) is 2. The Balaban J connectivity index is 1.98. The van der Waals surface area contributed by atoms with Crippen molar-refractivity contribution in [3.8, 4) is 11.1 Å². The summed E-state index contributed by atoms with van der Waals surface area (Å²) in [4.78, 5) is 30.8. The summed E-state index contributed by atoms with van der Waals surface area (Å²) in [6.45, 7) is 13.8. The lowest BCUT2D eigenvalue weighted by Gasteiger charge is -2.22. The summed E-state index contributed by atoms with van der Waals surface area (Å²) in [7, 11) is 0. The number of rotatable bonds is 31. The first kappa shape index (κ1) is 43.5. The zero-order valence-electron chi connectivity index (χ0n) is 32.5. The Kier molecular flexibility index (Phi) is 25.2. The maximum absolute atomic E-state index is 13.1. The molecule has 0 aromatic heterocycles. The topological polar surface area (TPSA) is 59.1 Å². The van der Waals surface area contributed by atoms with Crippen molar-refractivity contribution < 1.29 is 19.1 Å². The molecule has 0 aliphatic rings. The van der Waals surface area contributed by atoms with Crippen molar-refractivity contribution in [3.63, 3.8) is 0 Å². The molecule has 0 saturated heterocycles. The van der Waals surface area contributed by atoms with Crippen LogP contribution >= 0.6 is 0 Å². The minimum atomic E-state index is -0.172. The Morgan fingerprint density at radius 2 is 0.740 bits per heavy atom. The van der Waals surface area contributed by atoms with Crippen molar-refractivity contribution in [1.29, 1.82) is 0 Å². The molecule has 6 heteroatoms. The van der Waals surface area contributed by atoms with E-state index in [2.05, 4.69) is 49.6 Å². The van der Waals surface area contributed by atoms with E-state index in [-0.39, 0.29) is 25.2 Å². The highest BCUT2D eigenvalue weighted by atomic mass is 16.5. The van der Waals surface area contributed by atoms with E-state index in [0.29, 0.717) is 13.1 Å². The van der Waals surface area contributed by atoms with E-state index in [4.69, 9.17) is 9.47 Å². The number of benzene rings is 2. The van der Waals surface area contributed by atoms with Crippen molar-refractivity contribution >= 4 is 11.9 Å². The van der Waals surface area contributed by atoms with Crippen LogP contribution in [0.3, 0.4) is 0 Å². The number of ether oxygens (including phenoxy) is 2. The highest BCUT2D eigenvalue weighted by Gasteiger charge is 2.16. The van der Waals surface area contributed by atoms with Gasteiger partial charge >= 0.3 is 11.9 Å². The molecule has 0 atom stereocenters. The van der Waals surface area contributed by atoms with E-state index in [1.54, 1.807) is 0 Å². The van der Waals surface area contributed by atoms with E-state index in [1.165, 1.54) is 89.9 Å². The Bertz CT molecular complexity index is 1060. The lowest BCUT2D eigenvalue weighted by Crippen LogP contribution is -2.33. The van der Waals surface area contributed by atoms with E-state index in [9.17, 15) is 9.59 Å². The zero-order chi connectivity index (χ0) is 36.1. The van der Waals surface area contributed by atoms with Crippen LogP contribution in [0.4, 0.5) is 0 Å². The van der Waals surface area contributed by atoms with Gasteiger partial charge in [0.05, 0.1) is 13.1 Å². The fraction of sp³-hybridized carbons (Fsp3) is 0.682. The van der Waals surface area contributed by atoms with Crippen LogP contribution in [0.2, 0.25) is 0 Å². The molecular formula is C44H72N2O4. The van der Waals surface area contributed by atoms with Crippen molar-refractivity contribution in [1.82, 2.24) is 9.80 Å². The molecule has 0 spiro atoms. The lowest BCUT2D eigenvalue weighted by molar-refractivity contribution is -0.147. The molecule has 0 fully saturated rings. The zero-order valence-corrected chi connectivity index (χ0v) is 32.5. The molecule has 2 rings (SSSR count). The number of esters is 2. The molecule has 2 aromatic carbocycles. The molecule has 0 saturated carbocycles. The summed E-state index contributed by atoms with van der Waals surface area (Å²) in [5, 5.41) is 0. The van der Waals surface area contributed by atoms with Crippen LogP contribution in [0.15, 0.2) is 48.5 Å². The van der Waals surface area contributed by atoms with Gasteiger partial charge in [0.15, 0.2) is 0 Å². The van der Waals surface area contributed by atoms with Crippen LogP contribution in [0.25, 0.3) is 11.1 Å². The minimum Gasteiger partial charge on any atom is -0.460 e. The van der Waals surface area contributed by atoms with E-state index < -0.39 is 0 Å². The fourth-order valence-electron chi connectivity index (χ4n) is 6.53. The Hall–Kier alpha value is -2.70. The minimum absolute atomic E-state index is 0.172. The average Bonchev–Trinajstić information content (AvgIpc) is 3.13. The van der Waals surface area contributed by atoms with Crippen LogP contribution in [0.5, 0.6) is 0 Å². The number of carbonyl (C=O) groups excluding carboxylic acids is 2. The van der Waals surface area contributed by atoms with Crippen LogP contribution < -0.4 is 0 Å². The SMILES string of the molecule is CCCCCCCCN(CCCCC)CC(=O)OCc1ccccc1-c1ccccc1COC(=O)CN(CCCCC)CCCCCCCC. The van der Waals surface area contributed by atoms with Crippen molar-refractivity contribution in [2.75, 3.05) is 39.3 Å². The van der Waals surface area contributed by atoms with Gasteiger partial charge in [0.25, 0.3) is 0 Å². The van der Waals surface area contributed by atoms with Gasteiger partial charge in [-0.1, -0.05) is 166 Å². The van der Waals surface area contributed by atoms with Crippen molar-refractivity contribution in [2.45, 2.75) is 156 Å². The second kappa shape index (κ2) is 28.9. The molecular weight excluding hydrogens is 620 g/mol. The van der Waals surface area contributed by atoms with Gasteiger partial charge in [0.2, 0.25) is 0 Å². The molecule has 0 unspecified atom stereocenters. The molecule has 0 bridgehead atoms. The monoisotopic (exact) mass is 693 g/mol. The Labute approximate surface area is 306 Å². The third-order valence-electron chi connectivity index (χ3n) is 9.62. The summed E-state index contributed by atoms with van der Waals surface area (Å²) in [6.07, 6.45) is 21.9. The summed E-state index contributed by atoms with van der Waals surface area (Å²) < 4.78 is 11.8. The average molecular weight is 693 g/mol. The molecule has 0 heterocycles. The van der Waals surface area contributed by atoms with Gasteiger partial charge in [-0.25, -0.2) is 0 Å². The molecule has 50 heavy (non-hydrogen) atoms. The van der Waals surface area contributed by atoms with E-state index in [0.717, 1.165) is 74.1 Å². The molecule has 0 radical (unpaired) electrons. The van der Waals surface area contributed by atoms with Crippen molar-refractivity contribution in [2.24, 2.45) is 0 Å². The number of carbonyl (C=O) groups is 2. The van der Waals surface area contributed by atoms with E-state index in [1.807, 2.05) is 36.4 Å². The maximum Gasteiger partial charge on any atom is 0.320 e. The van der Waals surface area contributed by atoms with Gasteiger partial charge in [0.1, 0.15) is 13.2 Å². The summed E-state index contributed by atoms with van der Waals surface area (Å²) >= 11 is 0. The lowest BCUT2D eigenvalue weighted by atomic mass is 9.96. The molecule has 0 N–H and O–H groups in total. The third kappa shape index (κ3) is 19.6. The Morgan fingerprint density at radius 3 is 1.12 bits per heavy atom. The number of hydrogen-bond donors (Lipinski definition) is 0. The predicted octanol–water partition coefficient (Wildman–Crippen LogP) is 11.1. The van der Waals surface area contributed by atoms with Gasteiger partial charge in [0, 0.05) is 0 Å². The van der Waals surface area contributed by atoms with E-state index >= 15 is 0 Å². The van der Waals surface area contributed by atoms with Gasteiger partial charge in [-0.2, -0.15) is 0 Å². The molecule has 6 nitrogen and oxygen atoms in total. The first-order chi connectivity index (χ1) is 24.5. The summed E-state index contributed by atoms with van der Waals surface area (Å²) in [5.74, 6) is -0.345. The molecule has 282 valence electrons. The molecule has 0 aliphatic carbocycles. The van der Waals surface area contributed by atoms with Gasteiger partial charge in [-0.3, -0.25) is 19.4 Å². The van der Waals surface area contributed by atoms with Crippen LogP contribution in [-0.4, -0.2) is 61.0 Å². The summed E-state index contributed by atoms with van der Waals surface area (Å²) in [5.41, 5.74) is 3.91. The van der Waals surface area contributed by atoms with Crippen LogP contribution in [-0.2, 0) is 32.3 Å². The summed E-state index contributed by atoms with van der Waals surface area (Å²) in [6, 6.07) is 16.2. The largest absolute Gasteiger partial charge is 0.460 e. The Morgan fingerprint density at radius 1 is 0.440 bits per heavy atom. The predicted molar refractivity (Wildman–Crippen MR) is 210 cm³/mol. The van der Waals surface area contributed by atoms with Crippen LogP contribution in [0, 0.1) is 0 Å². The maximum atomic E-state index is 13.1. The second-order valence-electron chi connectivity index (χ2n) is 14.1.